The highest BCUT2D eigenvalue weighted by molar-refractivity contribution is 5.84. The third-order valence-corrected chi connectivity index (χ3v) is 3.09. The molecule has 2 rings (SSSR count). The standard InChI is InChI=1S/C16H22N2O2/c1-12-7-8-14-5-4-6-15(16(14)18-12)20-10-9-17-13(2)11-19-3/h4-8,13,17H,9-11H2,1-3H3. The van der Waals surface area contributed by atoms with E-state index in [-0.39, 0.29) is 0 Å². The number of hydrogen-bond acceptors (Lipinski definition) is 4. The summed E-state index contributed by atoms with van der Waals surface area (Å²) in [4.78, 5) is 4.55. The van der Waals surface area contributed by atoms with Crippen LogP contribution in [0.3, 0.4) is 0 Å². The summed E-state index contributed by atoms with van der Waals surface area (Å²) >= 11 is 0. The van der Waals surface area contributed by atoms with Gasteiger partial charge in [-0.3, -0.25) is 0 Å². The summed E-state index contributed by atoms with van der Waals surface area (Å²) in [5, 5.41) is 4.45. The molecule has 20 heavy (non-hydrogen) atoms. The average molecular weight is 274 g/mol. The number of aryl methyl sites for hydroxylation is 1. The number of methoxy groups -OCH3 is 1. The van der Waals surface area contributed by atoms with Crippen LogP contribution in [-0.4, -0.2) is 37.9 Å². The fourth-order valence-electron chi connectivity index (χ4n) is 2.11. The van der Waals surface area contributed by atoms with Gasteiger partial charge in [-0.25, -0.2) is 4.98 Å². The van der Waals surface area contributed by atoms with Gasteiger partial charge in [-0.1, -0.05) is 18.2 Å². The number of rotatable bonds is 7. The molecule has 1 aromatic carbocycles. The lowest BCUT2D eigenvalue weighted by Gasteiger charge is -2.13. The Hall–Kier alpha value is -1.65. The summed E-state index contributed by atoms with van der Waals surface area (Å²) in [6.07, 6.45) is 0. The molecule has 0 spiro atoms. The summed E-state index contributed by atoms with van der Waals surface area (Å²) in [6.45, 7) is 6.18. The maximum absolute atomic E-state index is 5.84. The molecule has 0 radical (unpaired) electrons. The van der Waals surface area contributed by atoms with E-state index in [2.05, 4.69) is 23.3 Å². The predicted molar refractivity (Wildman–Crippen MR) is 81.3 cm³/mol. The Morgan fingerprint density at radius 2 is 2.10 bits per heavy atom. The molecule has 0 bridgehead atoms. The second kappa shape index (κ2) is 7.22. The Kier molecular flexibility index (Phi) is 5.32. The van der Waals surface area contributed by atoms with Crippen molar-refractivity contribution in [2.24, 2.45) is 0 Å². The lowest BCUT2D eigenvalue weighted by Crippen LogP contribution is -2.33. The molecule has 0 fully saturated rings. The van der Waals surface area contributed by atoms with Crippen molar-refractivity contribution in [1.82, 2.24) is 10.3 Å². The minimum Gasteiger partial charge on any atom is -0.490 e. The number of pyridine rings is 1. The molecule has 1 atom stereocenters. The lowest BCUT2D eigenvalue weighted by atomic mass is 10.2. The highest BCUT2D eigenvalue weighted by Crippen LogP contribution is 2.23. The fourth-order valence-corrected chi connectivity index (χ4v) is 2.11. The Morgan fingerprint density at radius 1 is 1.25 bits per heavy atom. The maximum Gasteiger partial charge on any atom is 0.145 e. The number of ether oxygens (including phenoxy) is 2. The van der Waals surface area contributed by atoms with Crippen LogP contribution in [0.1, 0.15) is 12.6 Å². The van der Waals surface area contributed by atoms with Gasteiger partial charge in [-0.2, -0.15) is 0 Å². The second-order valence-electron chi connectivity index (χ2n) is 4.94. The molecular weight excluding hydrogens is 252 g/mol. The highest BCUT2D eigenvalue weighted by atomic mass is 16.5. The summed E-state index contributed by atoms with van der Waals surface area (Å²) < 4.78 is 10.9. The Morgan fingerprint density at radius 3 is 2.90 bits per heavy atom. The number of benzene rings is 1. The summed E-state index contributed by atoms with van der Waals surface area (Å²) in [6, 6.07) is 10.4. The number of para-hydroxylation sites is 1. The third-order valence-electron chi connectivity index (χ3n) is 3.09. The molecule has 2 aromatic rings. The van der Waals surface area contributed by atoms with Crippen molar-refractivity contribution in [2.75, 3.05) is 26.9 Å². The van der Waals surface area contributed by atoms with Gasteiger partial charge in [0.05, 0.1) is 6.61 Å². The zero-order valence-electron chi connectivity index (χ0n) is 12.3. The van der Waals surface area contributed by atoms with Gasteiger partial charge in [0.15, 0.2) is 0 Å². The van der Waals surface area contributed by atoms with Crippen LogP contribution in [0.25, 0.3) is 10.9 Å². The zero-order valence-corrected chi connectivity index (χ0v) is 12.3. The molecular formula is C16H22N2O2. The van der Waals surface area contributed by atoms with E-state index in [1.165, 1.54) is 0 Å². The lowest BCUT2D eigenvalue weighted by molar-refractivity contribution is 0.169. The zero-order chi connectivity index (χ0) is 14.4. The molecule has 1 N–H and O–H groups in total. The summed E-state index contributed by atoms with van der Waals surface area (Å²) in [5.74, 6) is 0.840. The van der Waals surface area contributed by atoms with Crippen molar-refractivity contribution in [3.8, 4) is 5.75 Å². The molecule has 0 amide bonds. The van der Waals surface area contributed by atoms with Crippen molar-refractivity contribution in [3.05, 3.63) is 36.0 Å². The van der Waals surface area contributed by atoms with Crippen molar-refractivity contribution >= 4 is 10.9 Å². The van der Waals surface area contributed by atoms with Crippen molar-refractivity contribution in [2.45, 2.75) is 19.9 Å². The van der Waals surface area contributed by atoms with Crippen molar-refractivity contribution in [3.63, 3.8) is 0 Å². The van der Waals surface area contributed by atoms with Crippen LogP contribution >= 0.6 is 0 Å². The van der Waals surface area contributed by atoms with E-state index in [0.717, 1.165) is 28.9 Å². The maximum atomic E-state index is 5.84. The number of nitrogens with one attached hydrogen (secondary N) is 1. The first-order valence-electron chi connectivity index (χ1n) is 6.92. The predicted octanol–water partition coefficient (Wildman–Crippen LogP) is 2.55. The molecule has 0 aliphatic heterocycles. The Labute approximate surface area is 120 Å². The molecule has 0 saturated heterocycles. The van der Waals surface area contributed by atoms with E-state index in [1.807, 2.05) is 31.2 Å². The number of nitrogens with zero attached hydrogens (tertiary/aromatic N) is 1. The number of fused-ring (bicyclic) bond motifs is 1. The van der Waals surface area contributed by atoms with E-state index in [0.29, 0.717) is 19.3 Å². The van der Waals surface area contributed by atoms with Gasteiger partial charge in [0.25, 0.3) is 0 Å². The van der Waals surface area contributed by atoms with Crippen LogP contribution in [0, 0.1) is 6.92 Å². The van der Waals surface area contributed by atoms with E-state index < -0.39 is 0 Å². The van der Waals surface area contributed by atoms with Gasteiger partial charge < -0.3 is 14.8 Å². The van der Waals surface area contributed by atoms with Crippen LogP contribution in [0.2, 0.25) is 0 Å². The second-order valence-corrected chi connectivity index (χ2v) is 4.94. The highest BCUT2D eigenvalue weighted by Gasteiger charge is 2.04. The van der Waals surface area contributed by atoms with Gasteiger partial charge in [0, 0.05) is 30.8 Å². The number of hydrogen-bond donors (Lipinski definition) is 1. The van der Waals surface area contributed by atoms with Gasteiger partial charge in [0.2, 0.25) is 0 Å². The molecule has 4 nitrogen and oxygen atoms in total. The van der Waals surface area contributed by atoms with Crippen molar-refractivity contribution in [1.29, 1.82) is 0 Å². The van der Waals surface area contributed by atoms with Crippen LogP contribution in [0.15, 0.2) is 30.3 Å². The fraction of sp³-hybridized carbons (Fsp3) is 0.438. The molecule has 1 unspecified atom stereocenters. The number of aromatic nitrogens is 1. The van der Waals surface area contributed by atoms with Crippen molar-refractivity contribution < 1.29 is 9.47 Å². The molecule has 108 valence electrons. The molecule has 1 heterocycles. The average Bonchev–Trinajstić information content (AvgIpc) is 2.44. The van der Waals surface area contributed by atoms with Crippen LogP contribution < -0.4 is 10.1 Å². The van der Waals surface area contributed by atoms with Gasteiger partial charge in [-0.05, 0) is 26.0 Å². The Balaban J connectivity index is 1.94. The SMILES string of the molecule is COCC(C)NCCOc1cccc2ccc(C)nc12. The quantitative estimate of drug-likeness (QED) is 0.788. The minimum absolute atomic E-state index is 0.330. The molecule has 0 saturated carbocycles. The van der Waals surface area contributed by atoms with E-state index >= 15 is 0 Å². The molecule has 4 heteroatoms. The Bertz CT molecular complexity index is 557. The van der Waals surface area contributed by atoms with E-state index in [9.17, 15) is 0 Å². The molecule has 1 aromatic heterocycles. The monoisotopic (exact) mass is 274 g/mol. The smallest absolute Gasteiger partial charge is 0.145 e. The molecule has 0 aliphatic carbocycles. The van der Waals surface area contributed by atoms with Crippen LogP contribution in [-0.2, 0) is 4.74 Å². The van der Waals surface area contributed by atoms with E-state index in [4.69, 9.17) is 9.47 Å². The van der Waals surface area contributed by atoms with E-state index in [1.54, 1.807) is 7.11 Å². The van der Waals surface area contributed by atoms with Crippen LogP contribution in [0.4, 0.5) is 0 Å². The third kappa shape index (κ3) is 3.92. The first-order chi connectivity index (χ1) is 9.70. The molecule has 0 aliphatic rings. The van der Waals surface area contributed by atoms with Gasteiger partial charge in [-0.15, -0.1) is 0 Å². The van der Waals surface area contributed by atoms with Gasteiger partial charge in [0.1, 0.15) is 17.9 Å². The minimum atomic E-state index is 0.330. The summed E-state index contributed by atoms with van der Waals surface area (Å²) in [5.41, 5.74) is 1.93. The summed E-state index contributed by atoms with van der Waals surface area (Å²) in [7, 11) is 1.71. The first-order valence-corrected chi connectivity index (χ1v) is 6.92. The first kappa shape index (κ1) is 14.8. The topological polar surface area (TPSA) is 43.4 Å². The van der Waals surface area contributed by atoms with Crippen LogP contribution in [0.5, 0.6) is 5.75 Å². The largest absolute Gasteiger partial charge is 0.490 e. The normalized spacial score (nSPS) is 12.6. The van der Waals surface area contributed by atoms with Gasteiger partial charge >= 0.3 is 0 Å².